The molecule has 8 nitrogen and oxygen atoms in total. The molecule has 0 unspecified atom stereocenters. The van der Waals surface area contributed by atoms with Crippen LogP contribution in [0, 0.1) is 6.92 Å². The van der Waals surface area contributed by atoms with Crippen LogP contribution in [0.3, 0.4) is 0 Å². The Morgan fingerprint density at radius 2 is 1.97 bits per heavy atom. The third-order valence-electron chi connectivity index (χ3n) is 4.56. The van der Waals surface area contributed by atoms with E-state index in [1.165, 1.54) is 28.9 Å². The van der Waals surface area contributed by atoms with Crippen molar-refractivity contribution >= 4 is 74.2 Å². The molecule has 0 bridgehead atoms. The second-order valence-corrected chi connectivity index (χ2v) is 9.71. The predicted octanol–water partition coefficient (Wildman–Crippen LogP) is 4.36. The Hall–Kier alpha value is -1.98. The Balaban J connectivity index is 1.46. The van der Waals surface area contributed by atoms with Gasteiger partial charge in [0.1, 0.15) is 26.7 Å². The quantitative estimate of drug-likeness (QED) is 0.557. The zero-order valence-corrected chi connectivity index (χ0v) is 19.4. The van der Waals surface area contributed by atoms with Crippen LogP contribution in [0.1, 0.15) is 15.5 Å². The van der Waals surface area contributed by atoms with Gasteiger partial charge < -0.3 is 20.4 Å². The van der Waals surface area contributed by atoms with Crippen molar-refractivity contribution in [2.45, 2.75) is 6.92 Å². The van der Waals surface area contributed by atoms with Crippen molar-refractivity contribution < 1.29 is 4.79 Å². The number of rotatable bonds is 5. The van der Waals surface area contributed by atoms with Gasteiger partial charge in [-0.3, -0.25) is 4.79 Å². The van der Waals surface area contributed by atoms with Crippen LogP contribution in [0.4, 0.5) is 22.5 Å². The van der Waals surface area contributed by atoms with Gasteiger partial charge in [-0.25, -0.2) is 15.0 Å². The number of amides is 1. The summed E-state index contributed by atoms with van der Waals surface area (Å²) in [5, 5.41) is 8.56. The summed E-state index contributed by atoms with van der Waals surface area (Å²) in [6.45, 7) is 5.69. The SMILES string of the molecule is Cc1nc(Nc2ncc(C(=O)Nc3c(Cl)csc3Cl)s2)cc(N2CCN(C)CC2)n1. The third kappa shape index (κ3) is 4.84. The lowest BCUT2D eigenvalue weighted by atomic mass is 10.3. The number of halogens is 2. The van der Waals surface area contributed by atoms with E-state index < -0.39 is 0 Å². The number of carbonyl (C=O) groups is 1. The summed E-state index contributed by atoms with van der Waals surface area (Å²) in [5.74, 6) is 1.88. The van der Waals surface area contributed by atoms with Gasteiger partial charge in [-0.1, -0.05) is 34.5 Å². The molecule has 1 saturated heterocycles. The van der Waals surface area contributed by atoms with Crippen LogP contribution in [0.15, 0.2) is 17.6 Å². The number of hydrogen-bond acceptors (Lipinski definition) is 9. The summed E-state index contributed by atoms with van der Waals surface area (Å²) in [6.07, 6.45) is 1.51. The first-order valence-electron chi connectivity index (χ1n) is 9.15. The Labute approximate surface area is 191 Å². The van der Waals surface area contributed by atoms with E-state index in [2.05, 4.69) is 42.4 Å². The lowest BCUT2D eigenvalue weighted by molar-refractivity contribution is 0.103. The molecule has 1 fully saturated rings. The second kappa shape index (κ2) is 9.03. The number of hydrogen-bond donors (Lipinski definition) is 2. The predicted molar refractivity (Wildman–Crippen MR) is 124 cm³/mol. The molecule has 0 saturated carbocycles. The van der Waals surface area contributed by atoms with Gasteiger partial charge in [0.25, 0.3) is 5.91 Å². The fraction of sp³-hybridized carbons (Fsp3) is 0.333. The van der Waals surface area contributed by atoms with Crippen LogP contribution in [-0.4, -0.2) is 59.0 Å². The molecule has 3 aromatic heterocycles. The maximum atomic E-state index is 12.5. The van der Waals surface area contributed by atoms with Crippen LogP contribution in [0.25, 0.3) is 0 Å². The average molecular weight is 484 g/mol. The molecule has 0 radical (unpaired) electrons. The number of aromatic nitrogens is 3. The number of thiazole rings is 1. The van der Waals surface area contributed by atoms with Crippen molar-refractivity contribution in [3.05, 3.63) is 37.7 Å². The van der Waals surface area contributed by atoms with E-state index in [4.69, 9.17) is 23.2 Å². The number of likely N-dealkylation sites (N-methyl/N-ethyl adjacent to an activating group) is 1. The molecule has 4 heterocycles. The highest BCUT2D eigenvalue weighted by Crippen LogP contribution is 2.37. The lowest BCUT2D eigenvalue weighted by Crippen LogP contribution is -2.44. The maximum Gasteiger partial charge on any atom is 0.267 e. The molecule has 0 aromatic carbocycles. The summed E-state index contributed by atoms with van der Waals surface area (Å²) in [5.41, 5.74) is 0.416. The van der Waals surface area contributed by atoms with Crippen LogP contribution >= 0.6 is 45.9 Å². The fourth-order valence-electron chi connectivity index (χ4n) is 2.96. The first-order valence-corrected chi connectivity index (χ1v) is 11.6. The number of piperazine rings is 1. The van der Waals surface area contributed by atoms with Crippen molar-refractivity contribution in [1.29, 1.82) is 0 Å². The van der Waals surface area contributed by atoms with Gasteiger partial charge in [-0.05, 0) is 14.0 Å². The smallest absolute Gasteiger partial charge is 0.267 e. The summed E-state index contributed by atoms with van der Waals surface area (Å²) in [7, 11) is 2.12. The van der Waals surface area contributed by atoms with E-state index in [0.29, 0.717) is 36.7 Å². The minimum atomic E-state index is -0.320. The zero-order valence-electron chi connectivity index (χ0n) is 16.3. The summed E-state index contributed by atoms with van der Waals surface area (Å²) >= 11 is 14.6. The van der Waals surface area contributed by atoms with E-state index in [1.54, 1.807) is 5.38 Å². The van der Waals surface area contributed by atoms with Crippen molar-refractivity contribution in [1.82, 2.24) is 19.9 Å². The number of anilines is 4. The number of nitrogens with one attached hydrogen (secondary N) is 2. The van der Waals surface area contributed by atoms with Crippen LogP contribution < -0.4 is 15.5 Å². The van der Waals surface area contributed by atoms with Crippen LogP contribution in [-0.2, 0) is 0 Å². The Kier molecular flexibility index (Phi) is 6.40. The highest BCUT2D eigenvalue weighted by atomic mass is 35.5. The molecule has 4 rings (SSSR count). The van der Waals surface area contributed by atoms with Gasteiger partial charge in [0, 0.05) is 37.6 Å². The Morgan fingerprint density at radius 3 is 2.67 bits per heavy atom. The van der Waals surface area contributed by atoms with E-state index in [-0.39, 0.29) is 5.91 Å². The normalized spacial score (nSPS) is 14.7. The standard InChI is InChI=1S/C18H19Cl2N7OS2/c1-10-22-13(7-14(23-10)27-5-3-26(2)4-6-27)24-18-21-8-12(30-18)17(28)25-15-11(19)9-29-16(15)20/h7-9H,3-6H2,1-2H3,(H,25,28)(H,21,22,23,24). The zero-order chi connectivity index (χ0) is 21.3. The van der Waals surface area contributed by atoms with Crippen LogP contribution in [0.5, 0.6) is 0 Å². The lowest BCUT2D eigenvalue weighted by Gasteiger charge is -2.33. The average Bonchev–Trinajstić information content (AvgIpc) is 3.30. The molecule has 0 spiro atoms. The van der Waals surface area contributed by atoms with Gasteiger partial charge in [0.05, 0.1) is 16.9 Å². The highest BCUT2D eigenvalue weighted by molar-refractivity contribution is 7.17. The van der Waals surface area contributed by atoms with Gasteiger partial charge >= 0.3 is 0 Å². The molecule has 3 aromatic rings. The topological polar surface area (TPSA) is 86.3 Å². The van der Waals surface area contributed by atoms with Gasteiger partial charge in [0.2, 0.25) is 0 Å². The van der Waals surface area contributed by atoms with Gasteiger partial charge in [-0.2, -0.15) is 0 Å². The van der Waals surface area contributed by atoms with Crippen molar-refractivity contribution in [3.8, 4) is 0 Å². The number of thiophene rings is 1. The molecule has 12 heteroatoms. The summed E-state index contributed by atoms with van der Waals surface area (Å²) in [4.78, 5) is 30.8. The largest absolute Gasteiger partial charge is 0.354 e. The molecule has 158 valence electrons. The first-order chi connectivity index (χ1) is 14.4. The van der Waals surface area contributed by atoms with E-state index in [0.717, 1.165) is 32.0 Å². The monoisotopic (exact) mass is 483 g/mol. The van der Waals surface area contributed by atoms with Gasteiger partial charge in [0.15, 0.2) is 5.13 Å². The molecule has 0 atom stereocenters. The molecular formula is C18H19Cl2N7OS2. The van der Waals surface area contributed by atoms with Gasteiger partial charge in [-0.15, -0.1) is 11.3 Å². The second-order valence-electron chi connectivity index (χ2n) is 6.79. The molecule has 0 aliphatic carbocycles. The fourth-order valence-corrected chi connectivity index (χ4v) is 4.94. The molecule has 30 heavy (non-hydrogen) atoms. The Morgan fingerprint density at radius 1 is 1.20 bits per heavy atom. The number of aryl methyl sites for hydroxylation is 1. The third-order valence-corrected chi connectivity index (χ3v) is 7.12. The highest BCUT2D eigenvalue weighted by Gasteiger charge is 2.18. The Bertz CT molecular complexity index is 1040. The molecule has 1 amide bonds. The van der Waals surface area contributed by atoms with Crippen molar-refractivity contribution in [2.24, 2.45) is 0 Å². The number of carbonyl (C=O) groups excluding carboxylic acids is 1. The maximum absolute atomic E-state index is 12.5. The van der Waals surface area contributed by atoms with E-state index in [9.17, 15) is 4.79 Å². The minimum absolute atomic E-state index is 0.320. The van der Waals surface area contributed by atoms with E-state index >= 15 is 0 Å². The minimum Gasteiger partial charge on any atom is -0.354 e. The molecule has 1 aliphatic heterocycles. The summed E-state index contributed by atoms with van der Waals surface area (Å²) < 4.78 is 0.434. The van der Waals surface area contributed by atoms with E-state index in [1.807, 2.05) is 13.0 Å². The van der Waals surface area contributed by atoms with Crippen molar-refractivity contribution in [2.75, 3.05) is 48.8 Å². The summed E-state index contributed by atoms with van der Waals surface area (Å²) in [6, 6.07) is 1.91. The first kappa shape index (κ1) is 21.3. The van der Waals surface area contributed by atoms with Crippen molar-refractivity contribution in [3.63, 3.8) is 0 Å². The molecule has 2 N–H and O–H groups in total. The molecule has 1 aliphatic rings. The number of nitrogens with zero attached hydrogens (tertiary/aromatic N) is 5. The molecular weight excluding hydrogens is 465 g/mol. The van der Waals surface area contributed by atoms with Crippen LogP contribution in [0.2, 0.25) is 9.36 Å².